The summed E-state index contributed by atoms with van der Waals surface area (Å²) in [5, 5.41) is 3.83. The van der Waals surface area contributed by atoms with E-state index in [0.29, 0.717) is 12.0 Å². The van der Waals surface area contributed by atoms with Crippen molar-refractivity contribution in [2.75, 3.05) is 0 Å². The zero-order valence-electron chi connectivity index (χ0n) is 12.8. The van der Waals surface area contributed by atoms with Crippen LogP contribution in [0.5, 0.6) is 0 Å². The van der Waals surface area contributed by atoms with Gasteiger partial charge >= 0.3 is 0 Å². The second kappa shape index (κ2) is 7.74. The third-order valence-corrected chi connectivity index (χ3v) is 4.28. The number of halogens is 1. The number of carbonyl (C=O) groups is 2. The Labute approximate surface area is 138 Å². The van der Waals surface area contributed by atoms with Crippen molar-refractivity contribution in [3.63, 3.8) is 0 Å². The van der Waals surface area contributed by atoms with Crippen LogP contribution in [0.15, 0.2) is 52.8 Å². The lowest BCUT2D eigenvalue weighted by atomic mass is 10.0. The number of amides is 2. The van der Waals surface area contributed by atoms with E-state index in [0.717, 1.165) is 21.6 Å². The van der Waals surface area contributed by atoms with Gasteiger partial charge in [-0.3, -0.25) is 14.9 Å². The van der Waals surface area contributed by atoms with Crippen molar-refractivity contribution >= 4 is 29.7 Å². The van der Waals surface area contributed by atoms with Gasteiger partial charge in [0, 0.05) is 4.90 Å². The van der Waals surface area contributed by atoms with Gasteiger partial charge in [0.05, 0.1) is 5.57 Å². The fourth-order valence-corrected chi connectivity index (χ4v) is 2.72. The molecule has 0 unspecified atom stereocenters. The van der Waals surface area contributed by atoms with E-state index in [1.807, 2.05) is 32.0 Å². The molecule has 0 heterocycles. The second-order valence-electron chi connectivity index (χ2n) is 4.99. The van der Waals surface area contributed by atoms with E-state index in [9.17, 15) is 14.0 Å². The first-order chi connectivity index (χ1) is 11.0. The fraction of sp³-hybridized carbons (Fsp3) is 0.111. The number of nitrogens with one attached hydrogen (secondary N) is 1. The summed E-state index contributed by atoms with van der Waals surface area (Å²) in [6, 6.07) is 11.6. The maximum Gasteiger partial charge on any atom is 0.258 e. The maximum atomic E-state index is 12.9. The van der Waals surface area contributed by atoms with E-state index in [1.54, 1.807) is 17.5 Å². The minimum Gasteiger partial charge on any atom is -0.295 e. The molecule has 0 bridgehead atoms. The lowest BCUT2D eigenvalue weighted by Gasteiger charge is -2.09. The number of aryl methyl sites for hydroxylation is 2. The molecule has 2 aromatic rings. The molecule has 1 N–H and O–H groups in total. The Bertz CT molecular complexity index is 754. The summed E-state index contributed by atoms with van der Waals surface area (Å²) >= 11 is 1.29. The Kier molecular flexibility index (Phi) is 5.71. The highest BCUT2D eigenvalue weighted by Gasteiger charge is 2.12. The maximum absolute atomic E-state index is 12.9. The van der Waals surface area contributed by atoms with Crippen molar-refractivity contribution in [3.8, 4) is 0 Å². The summed E-state index contributed by atoms with van der Waals surface area (Å²) in [6.07, 6.45) is 0.361. The van der Waals surface area contributed by atoms with Gasteiger partial charge in [0.15, 0.2) is 0 Å². The van der Waals surface area contributed by atoms with Gasteiger partial charge in [0.2, 0.25) is 6.41 Å². The average Bonchev–Trinajstić information content (AvgIpc) is 2.53. The lowest BCUT2D eigenvalue weighted by Crippen LogP contribution is -2.22. The van der Waals surface area contributed by atoms with Gasteiger partial charge in [0.25, 0.3) is 5.91 Å². The molecule has 0 aliphatic rings. The highest BCUT2D eigenvalue weighted by molar-refractivity contribution is 8.02. The lowest BCUT2D eigenvalue weighted by molar-refractivity contribution is -0.121. The molecule has 0 aliphatic carbocycles. The number of hydrogen-bond donors (Lipinski definition) is 1. The summed E-state index contributed by atoms with van der Waals surface area (Å²) in [4.78, 5) is 23.5. The molecule has 118 valence electrons. The SMILES string of the molecule is Cc1ccc(/C(=C/Sc2ccc(F)cc2)C(=O)NC=O)cc1C. The third-order valence-electron chi connectivity index (χ3n) is 3.38. The molecule has 2 amide bonds. The predicted molar refractivity (Wildman–Crippen MR) is 90.4 cm³/mol. The first-order valence-electron chi connectivity index (χ1n) is 6.96. The molecule has 0 aromatic heterocycles. The Morgan fingerprint density at radius 2 is 1.78 bits per heavy atom. The number of imide groups is 1. The smallest absolute Gasteiger partial charge is 0.258 e. The normalized spacial score (nSPS) is 11.2. The Morgan fingerprint density at radius 1 is 1.09 bits per heavy atom. The Balaban J connectivity index is 2.34. The zero-order valence-corrected chi connectivity index (χ0v) is 13.6. The Morgan fingerprint density at radius 3 is 2.39 bits per heavy atom. The van der Waals surface area contributed by atoms with Gasteiger partial charge in [-0.1, -0.05) is 30.0 Å². The first-order valence-corrected chi connectivity index (χ1v) is 7.84. The predicted octanol–water partition coefficient (Wildman–Crippen LogP) is 3.85. The number of benzene rings is 2. The molecule has 3 nitrogen and oxygen atoms in total. The van der Waals surface area contributed by atoms with Gasteiger partial charge in [0.1, 0.15) is 5.82 Å². The van der Waals surface area contributed by atoms with Crippen LogP contribution in [0.3, 0.4) is 0 Å². The van der Waals surface area contributed by atoms with E-state index in [1.165, 1.54) is 23.9 Å². The molecule has 0 spiro atoms. The fourth-order valence-electron chi connectivity index (χ4n) is 1.93. The molecule has 2 aromatic carbocycles. The van der Waals surface area contributed by atoms with Gasteiger partial charge in [-0.2, -0.15) is 0 Å². The van der Waals surface area contributed by atoms with Crippen molar-refractivity contribution in [1.29, 1.82) is 0 Å². The monoisotopic (exact) mass is 329 g/mol. The summed E-state index contributed by atoms with van der Waals surface area (Å²) in [7, 11) is 0. The van der Waals surface area contributed by atoms with Crippen molar-refractivity contribution in [2.45, 2.75) is 18.7 Å². The van der Waals surface area contributed by atoms with Gasteiger partial charge in [-0.25, -0.2) is 4.39 Å². The van der Waals surface area contributed by atoms with Crippen LogP contribution in [-0.2, 0) is 9.59 Å². The van der Waals surface area contributed by atoms with E-state index in [4.69, 9.17) is 0 Å². The van der Waals surface area contributed by atoms with E-state index >= 15 is 0 Å². The zero-order chi connectivity index (χ0) is 16.8. The van der Waals surface area contributed by atoms with Crippen LogP contribution in [-0.4, -0.2) is 12.3 Å². The molecule has 0 atom stereocenters. The largest absolute Gasteiger partial charge is 0.295 e. The van der Waals surface area contributed by atoms with Crippen LogP contribution >= 0.6 is 11.8 Å². The molecule has 0 radical (unpaired) electrons. The quantitative estimate of drug-likeness (QED) is 0.515. The minimum atomic E-state index is -0.474. The van der Waals surface area contributed by atoms with Crippen LogP contribution in [0.25, 0.3) is 5.57 Å². The molecular weight excluding hydrogens is 313 g/mol. The first kappa shape index (κ1) is 17.0. The number of rotatable bonds is 5. The average molecular weight is 329 g/mol. The highest BCUT2D eigenvalue weighted by Crippen LogP contribution is 2.26. The molecule has 0 aliphatic heterocycles. The number of hydrogen-bond acceptors (Lipinski definition) is 3. The summed E-state index contributed by atoms with van der Waals surface area (Å²) in [6.45, 7) is 3.95. The van der Waals surface area contributed by atoms with E-state index in [2.05, 4.69) is 5.32 Å². The van der Waals surface area contributed by atoms with Gasteiger partial charge in [-0.05, 0) is 60.2 Å². The van der Waals surface area contributed by atoms with Gasteiger partial charge in [-0.15, -0.1) is 0 Å². The highest BCUT2D eigenvalue weighted by atomic mass is 32.2. The minimum absolute atomic E-state index is 0.314. The number of carbonyl (C=O) groups excluding carboxylic acids is 2. The standard InChI is InChI=1S/C18H16FNO2S/c1-12-3-4-14(9-13(12)2)17(18(22)20-11-21)10-23-16-7-5-15(19)6-8-16/h3-11H,1-2H3,(H,20,21,22)/b17-10-. The molecule has 0 saturated heterocycles. The van der Waals surface area contributed by atoms with Crippen LogP contribution < -0.4 is 5.32 Å². The van der Waals surface area contributed by atoms with Crippen molar-refractivity contribution in [2.24, 2.45) is 0 Å². The molecule has 2 rings (SSSR count). The topological polar surface area (TPSA) is 46.2 Å². The van der Waals surface area contributed by atoms with E-state index < -0.39 is 5.91 Å². The summed E-state index contributed by atoms with van der Waals surface area (Å²) in [5.41, 5.74) is 3.28. The summed E-state index contributed by atoms with van der Waals surface area (Å²) < 4.78 is 12.9. The van der Waals surface area contributed by atoms with E-state index in [-0.39, 0.29) is 5.82 Å². The molecule has 5 heteroatoms. The van der Waals surface area contributed by atoms with Crippen LogP contribution in [0.4, 0.5) is 4.39 Å². The summed E-state index contributed by atoms with van der Waals surface area (Å²) in [5.74, 6) is -0.788. The molecular formula is C18H16FNO2S. The second-order valence-corrected chi connectivity index (χ2v) is 5.94. The van der Waals surface area contributed by atoms with Gasteiger partial charge < -0.3 is 0 Å². The third kappa shape index (κ3) is 4.53. The molecule has 0 saturated carbocycles. The Hall–Kier alpha value is -2.40. The van der Waals surface area contributed by atoms with Crippen LogP contribution in [0, 0.1) is 19.7 Å². The van der Waals surface area contributed by atoms with Crippen LogP contribution in [0.1, 0.15) is 16.7 Å². The molecule has 23 heavy (non-hydrogen) atoms. The van der Waals surface area contributed by atoms with Crippen LogP contribution in [0.2, 0.25) is 0 Å². The van der Waals surface area contributed by atoms with Crippen molar-refractivity contribution in [1.82, 2.24) is 5.32 Å². The van der Waals surface area contributed by atoms with Crippen molar-refractivity contribution < 1.29 is 14.0 Å². The van der Waals surface area contributed by atoms with Crippen molar-refractivity contribution in [3.05, 3.63) is 70.4 Å². The molecule has 0 fully saturated rings. The number of thioether (sulfide) groups is 1.